The van der Waals surface area contributed by atoms with Crippen LogP contribution in [0.4, 0.5) is 0 Å². The van der Waals surface area contributed by atoms with Crippen LogP contribution in [0.25, 0.3) is 0 Å². The van der Waals surface area contributed by atoms with Crippen LogP contribution in [0.15, 0.2) is 12.1 Å². The molecule has 0 aliphatic rings. The topological polar surface area (TPSA) is 26.0 Å². The van der Waals surface area contributed by atoms with Crippen molar-refractivity contribution in [2.24, 2.45) is 11.7 Å². The van der Waals surface area contributed by atoms with E-state index < -0.39 is 0 Å². The molecule has 2 N–H and O–H groups in total. The molecule has 15 heavy (non-hydrogen) atoms. The number of hydrogen-bond donors (Lipinski definition) is 1. The molecular weight excluding hydrogens is 182 g/mol. The van der Waals surface area contributed by atoms with Gasteiger partial charge in [-0.3, -0.25) is 0 Å². The van der Waals surface area contributed by atoms with Crippen LogP contribution in [0, 0.1) is 26.7 Å². The molecule has 1 rings (SSSR count). The Morgan fingerprint density at radius 3 is 1.93 bits per heavy atom. The first-order chi connectivity index (χ1) is 6.91. The van der Waals surface area contributed by atoms with Crippen molar-refractivity contribution in [1.82, 2.24) is 0 Å². The Labute approximate surface area is 93.7 Å². The molecule has 1 aromatic carbocycles. The van der Waals surface area contributed by atoms with Crippen LogP contribution >= 0.6 is 0 Å². The first-order valence-corrected chi connectivity index (χ1v) is 5.74. The normalized spacial score (nSPS) is 15.1. The summed E-state index contributed by atoms with van der Waals surface area (Å²) in [5.41, 5.74) is 11.5. The zero-order chi connectivity index (χ0) is 11.6. The van der Waals surface area contributed by atoms with Crippen LogP contribution in [-0.4, -0.2) is 6.04 Å². The van der Waals surface area contributed by atoms with Crippen LogP contribution in [0.2, 0.25) is 0 Å². The van der Waals surface area contributed by atoms with Gasteiger partial charge in [-0.05, 0) is 56.7 Å². The number of benzene rings is 1. The molecule has 0 amide bonds. The Morgan fingerprint density at radius 2 is 1.53 bits per heavy atom. The van der Waals surface area contributed by atoms with Gasteiger partial charge in [-0.1, -0.05) is 24.6 Å². The Balaban J connectivity index is 2.95. The second kappa shape index (κ2) is 4.80. The molecule has 0 radical (unpaired) electrons. The van der Waals surface area contributed by atoms with Gasteiger partial charge in [0.25, 0.3) is 0 Å². The highest BCUT2D eigenvalue weighted by Gasteiger charge is 2.12. The van der Waals surface area contributed by atoms with Crippen LogP contribution in [0.3, 0.4) is 0 Å². The van der Waals surface area contributed by atoms with Crippen LogP contribution in [0.1, 0.15) is 36.1 Å². The van der Waals surface area contributed by atoms with Crippen molar-refractivity contribution in [1.29, 1.82) is 0 Å². The lowest BCUT2D eigenvalue weighted by Gasteiger charge is -2.19. The SMILES string of the molecule is Cc1cc(C)c(CC(C)C(C)N)c(C)c1. The molecule has 2 unspecified atom stereocenters. The van der Waals surface area contributed by atoms with Gasteiger partial charge in [0.15, 0.2) is 0 Å². The predicted octanol–water partition coefficient (Wildman–Crippen LogP) is 3.14. The summed E-state index contributed by atoms with van der Waals surface area (Å²) in [6, 6.07) is 4.79. The van der Waals surface area contributed by atoms with Gasteiger partial charge in [0.05, 0.1) is 0 Å². The van der Waals surface area contributed by atoms with Crippen LogP contribution in [0.5, 0.6) is 0 Å². The molecule has 0 bridgehead atoms. The van der Waals surface area contributed by atoms with Crippen molar-refractivity contribution in [3.05, 3.63) is 34.4 Å². The summed E-state index contributed by atoms with van der Waals surface area (Å²) in [6.45, 7) is 10.9. The minimum Gasteiger partial charge on any atom is -0.328 e. The van der Waals surface area contributed by atoms with Crippen molar-refractivity contribution < 1.29 is 0 Å². The van der Waals surface area contributed by atoms with Crippen molar-refractivity contribution in [3.63, 3.8) is 0 Å². The van der Waals surface area contributed by atoms with Crippen molar-refractivity contribution in [2.75, 3.05) is 0 Å². The summed E-state index contributed by atoms with van der Waals surface area (Å²) in [6.07, 6.45) is 1.09. The summed E-state index contributed by atoms with van der Waals surface area (Å²) in [5.74, 6) is 0.546. The van der Waals surface area contributed by atoms with Gasteiger partial charge < -0.3 is 5.73 Å². The molecule has 0 fully saturated rings. The molecule has 1 heteroatoms. The highest BCUT2D eigenvalue weighted by Crippen LogP contribution is 2.20. The van der Waals surface area contributed by atoms with Crippen molar-refractivity contribution in [3.8, 4) is 0 Å². The molecule has 1 aromatic rings. The van der Waals surface area contributed by atoms with E-state index in [1.165, 1.54) is 22.3 Å². The third-order valence-electron chi connectivity index (χ3n) is 3.26. The number of aryl methyl sites for hydroxylation is 3. The van der Waals surface area contributed by atoms with E-state index in [1.54, 1.807) is 0 Å². The maximum absolute atomic E-state index is 5.91. The lowest BCUT2D eigenvalue weighted by atomic mass is 9.89. The molecule has 0 aliphatic heterocycles. The average Bonchev–Trinajstić information content (AvgIpc) is 2.10. The van der Waals surface area contributed by atoms with Gasteiger partial charge in [-0.15, -0.1) is 0 Å². The molecule has 0 aromatic heterocycles. The molecule has 0 spiro atoms. The van der Waals surface area contributed by atoms with E-state index in [0.29, 0.717) is 5.92 Å². The van der Waals surface area contributed by atoms with Gasteiger partial charge in [0, 0.05) is 6.04 Å². The van der Waals surface area contributed by atoms with E-state index in [2.05, 4.69) is 46.8 Å². The molecule has 2 atom stereocenters. The van der Waals surface area contributed by atoms with E-state index in [-0.39, 0.29) is 6.04 Å². The first kappa shape index (κ1) is 12.3. The quantitative estimate of drug-likeness (QED) is 0.806. The predicted molar refractivity (Wildman–Crippen MR) is 67.2 cm³/mol. The molecule has 0 saturated heterocycles. The second-order valence-electron chi connectivity index (χ2n) is 4.92. The van der Waals surface area contributed by atoms with E-state index >= 15 is 0 Å². The molecule has 0 aliphatic carbocycles. The molecular formula is C14H23N. The Hall–Kier alpha value is -0.820. The van der Waals surface area contributed by atoms with Gasteiger partial charge >= 0.3 is 0 Å². The Morgan fingerprint density at radius 1 is 1.07 bits per heavy atom. The molecule has 0 heterocycles. The van der Waals surface area contributed by atoms with Gasteiger partial charge in [0.2, 0.25) is 0 Å². The minimum absolute atomic E-state index is 0.269. The second-order valence-corrected chi connectivity index (χ2v) is 4.92. The zero-order valence-corrected chi connectivity index (χ0v) is 10.6. The smallest absolute Gasteiger partial charge is 0.00393 e. The van der Waals surface area contributed by atoms with Crippen molar-refractivity contribution >= 4 is 0 Å². The summed E-state index contributed by atoms with van der Waals surface area (Å²) in [7, 11) is 0. The summed E-state index contributed by atoms with van der Waals surface area (Å²) >= 11 is 0. The lowest BCUT2D eigenvalue weighted by molar-refractivity contribution is 0.480. The average molecular weight is 205 g/mol. The Bertz CT molecular complexity index is 316. The lowest BCUT2D eigenvalue weighted by Crippen LogP contribution is -2.26. The van der Waals surface area contributed by atoms with Crippen LogP contribution in [-0.2, 0) is 6.42 Å². The number of nitrogens with two attached hydrogens (primary N) is 1. The molecule has 0 saturated carbocycles. The highest BCUT2D eigenvalue weighted by molar-refractivity contribution is 5.37. The minimum atomic E-state index is 0.269. The maximum atomic E-state index is 5.91. The first-order valence-electron chi connectivity index (χ1n) is 5.74. The molecule has 1 nitrogen and oxygen atoms in total. The van der Waals surface area contributed by atoms with Gasteiger partial charge in [0.1, 0.15) is 0 Å². The fraction of sp³-hybridized carbons (Fsp3) is 0.571. The summed E-state index contributed by atoms with van der Waals surface area (Å²) < 4.78 is 0. The zero-order valence-electron chi connectivity index (χ0n) is 10.6. The largest absolute Gasteiger partial charge is 0.328 e. The van der Waals surface area contributed by atoms with E-state index in [1.807, 2.05) is 0 Å². The van der Waals surface area contributed by atoms with Crippen molar-refractivity contribution in [2.45, 2.75) is 47.1 Å². The highest BCUT2D eigenvalue weighted by atomic mass is 14.6. The van der Waals surface area contributed by atoms with Gasteiger partial charge in [-0.25, -0.2) is 0 Å². The standard InChI is InChI=1S/C14H23N/c1-9-6-11(3)14(12(4)7-9)8-10(2)13(5)15/h6-7,10,13H,8,15H2,1-5H3. The third-order valence-corrected chi connectivity index (χ3v) is 3.26. The number of hydrogen-bond acceptors (Lipinski definition) is 1. The third kappa shape index (κ3) is 3.07. The fourth-order valence-corrected chi connectivity index (χ4v) is 2.04. The van der Waals surface area contributed by atoms with E-state index in [0.717, 1.165) is 6.42 Å². The van der Waals surface area contributed by atoms with E-state index in [4.69, 9.17) is 5.73 Å². The maximum Gasteiger partial charge on any atom is 0.00393 e. The molecule has 84 valence electrons. The monoisotopic (exact) mass is 205 g/mol. The summed E-state index contributed by atoms with van der Waals surface area (Å²) in [4.78, 5) is 0. The Kier molecular flexibility index (Phi) is 3.92. The van der Waals surface area contributed by atoms with Gasteiger partial charge in [-0.2, -0.15) is 0 Å². The fourth-order valence-electron chi connectivity index (χ4n) is 2.04. The van der Waals surface area contributed by atoms with Crippen LogP contribution < -0.4 is 5.73 Å². The van der Waals surface area contributed by atoms with E-state index in [9.17, 15) is 0 Å². The number of rotatable bonds is 3. The summed E-state index contributed by atoms with van der Waals surface area (Å²) in [5, 5.41) is 0.